The van der Waals surface area contributed by atoms with E-state index in [0.717, 1.165) is 12.3 Å². The second-order valence-electron chi connectivity index (χ2n) is 4.95. The van der Waals surface area contributed by atoms with Gasteiger partial charge in [0.25, 0.3) is 0 Å². The highest BCUT2D eigenvalue weighted by Gasteiger charge is 2.13. The highest BCUT2D eigenvalue weighted by atomic mass is 16.5. The molecule has 0 saturated heterocycles. The summed E-state index contributed by atoms with van der Waals surface area (Å²) < 4.78 is 5.49. The van der Waals surface area contributed by atoms with Crippen LogP contribution in [0.5, 0.6) is 5.75 Å². The Morgan fingerprint density at radius 3 is 2.35 bits per heavy atom. The molecular weight excluding hydrogens is 214 g/mol. The molecule has 17 heavy (non-hydrogen) atoms. The van der Waals surface area contributed by atoms with E-state index in [4.69, 9.17) is 4.74 Å². The minimum Gasteiger partial charge on any atom is -0.491 e. The summed E-state index contributed by atoms with van der Waals surface area (Å²) in [5.74, 6) is 0.791. The highest BCUT2D eigenvalue weighted by molar-refractivity contribution is 5.29. The SMILES string of the molecule is CCNC(C)c1ccc(OCC(C)(C)O)cc1. The van der Waals surface area contributed by atoms with E-state index in [1.807, 2.05) is 24.3 Å². The second kappa shape index (κ2) is 6.03. The molecule has 0 aliphatic heterocycles. The third-order valence-electron chi connectivity index (χ3n) is 2.48. The van der Waals surface area contributed by atoms with E-state index in [1.165, 1.54) is 5.56 Å². The number of ether oxygens (including phenoxy) is 1. The molecule has 1 atom stereocenters. The zero-order valence-electron chi connectivity index (χ0n) is 11.2. The quantitative estimate of drug-likeness (QED) is 0.798. The van der Waals surface area contributed by atoms with Gasteiger partial charge in [-0.3, -0.25) is 0 Å². The molecule has 1 aromatic rings. The molecule has 0 aromatic heterocycles. The molecule has 0 spiro atoms. The smallest absolute Gasteiger partial charge is 0.119 e. The highest BCUT2D eigenvalue weighted by Crippen LogP contribution is 2.18. The van der Waals surface area contributed by atoms with Gasteiger partial charge in [0, 0.05) is 6.04 Å². The molecule has 0 aliphatic carbocycles. The fourth-order valence-corrected chi connectivity index (χ4v) is 1.54. The first-order chi connectivity index (χ1) is 7.92. The topological polar surface area (TPSA) is 41.5 Å². The molecule has 1 unspecified atom stereocenters. The predicted octanol–water partition coefficient (Wildman–Crippen LogP) is 2.51. The first kappa shape index (κ1) is 14.0. The maximum Gasteiger partial charge on any atom is 0.119 e. The van der Waals surface area contributed by atoms with Crippen molar-refractivity contribution in [2.24, 2.45) is 0 Å². The Labute approximate surface area is 104 Å². The lowest BCUT2D eigenvalue weighted by Gasteiger charge is -2.18. The van der Waals surface area contributed by atoms with Crippen molar-refractivity contribution in [2.45, 2.75) is 39.3 Å². The van der Waals surface area contributed by atoms with Gasteiger partial charge < -0.3 is 15.2 Å². The fourth-order valence-electron chi connectivity index (χ4n) is 1.54. The van der Waals surface area contributed by atoms with Crippen LogP contribution in [0.3, 0.4) is 0 Å². The normalized spacial score (nSPS) is 13.5. The van der Waals surface area contributed by atoms with E-state index < -0.39 is 5.60 Å². The maximum absolute atomic E-state index is 9.56. The Kier molecular flexibility index (Phi) is 4.97. The van der Waals surface area contributed by atoms with Crippen molar-refractivity contribution in [2.75, 3.05) is 13.2 Å². The van der Waals surface area contributed by atoms with Crippen molar-refractivity contribution in [1.29, 1.82) is 0 Å². The lowest BCUT2D eigenvalue weighted by molar-refractivity contribution is 0.0285. The van der Waals surface area contributed by atoms with E-state index in [9.17, 15) is 5.11 Å². The molecule has 2 N–H and O–H groups in total. The number of nitrogens with one attached hydrogen (secondary N) is 1. The van der Waals surface area contributed by atoms with Gasteiger partial charge in [-0.05, 0) is 45.0 Å². The Hall–Kier alpha value is -1.06. The van der Waals surface area contributed by atoms with Gasteiger partial charge in [-0.15, -0.1) is 0 Å². The molecule has 1 rings (SSSR count). The zero-order chi connectivity index (χ0) is 12.9. The van der Waals surface area contributed by atoms with Gasteiger partial charge in [0.2, 0.25) is 0 Å². The molecule has 0 heterocycles. The largest absolute Gasteiger partial charge is 0.491 e. The van der Waals surface area contributed by atoms with Crippen molar-refractivity contribution >= 4 is 0 Å². The van der Waals surface area contributed by atoms with Gasteiger partial charge in [0.15, 0.2) is 0 Å². The molecule has 0 fully saturated rings. The van der Waals surface area contributed by atoms with E-state index in [-0.39, 0.29) is 0 Å². The minimum atomic E-state index is -0.796. The number of aliphatic hydroxyl groups is 1. The van der Waals surface area contributed by atoms with Gasteiger partial charge in [-0.1, -0.05) is 19.1 Å². The summed E-state index contributed by atoms with van der Waals surface area (Å²) in [4.78, 5) is 0. The Morgan fingerprint density at radius 1 is 1.29 bits per heavy atom. The molecule has 0 aliphatic rings. The molecule has 3 heteroatoms. The van der Waals surface area contributed by atoms with Gasteiger partial charge in [0.1, 0.15) is 12.4 Å². The Bertz CT molecular complexity index is 327. The first-order valence-electron chi connectivity index (χ1n) is 6.11. The number of benzene rings is 1. The zero-order valence-corrected chi connectivity index (χ0v) is 11.2. The predicted molar refractivity (Wildman–Crippen MR) is 70.3 cm³/mol. The Balaban J connectivity index is 2.56. The van der Waals surface area contributed by atoms with Crippen molar-refractivity contribution in [1.82, 2.24) is 5.32 Å². The van der Waals surface area contributed by atoms with Crippen molar-refractivity contribution in [3.05, 3.63) is 29.8 Å². The average molecular weight is 237 g/mol. The van der Waals surface area contributed by atoms with Gasteiger partial charge in [0.05, 0.1) is 5.60 Å². The monoisotopic (exact) mass is 237 g/mol. The lowest BCUT2D eigenvalue weighted by Crippen LogP contribution is -2.27. The summed E-state index contributed by atoms with van der Waals surface area (Å²) in [7, 11) is 0. The molecule has 0 radical (unpaired) electrons. The van der Waals surface area contributed by atoms with Crippen LogP contribution in [0, 0.1) is 0 Å². The summed E-state index contributed by atoms with van der Waals surface area (Å²) >= 11 is 0. The minimum absolute atomic E-state index is 0.301. The van der Waals surface area contributed by atoms with Crippen LogP contribution < -0.4 is 10.1 Å². The molecule has 0 amide bonds. The van der Waals surface area contributed by atoms with Gasteiger partial charge in [-0.2, -0.15) is 0 Å². The summed E-state index contributed by atoms with van der Waals surface area (Å²) in [6.45, 7) is 8.95. The summed E-state index contributed by atoms with van der Waals surface area (Å²) in [6, 6.07) is 8.33. The van der Waals surface area contributed by atoms with Crippen molar-refractivity contribution in [3.8, 4) is 5.75 Å². The van der Waals surface area contributed by atoms with Gasteiger partial charge in [-0.25, -0.2) is 0 Å². The standard InChI is InChI=1S/C14H23NO2/c1-5-15-11(2)12-6-8-13(9-7-12)17-10-14(3,4)16/h6-9,11,15-16H,5,10H2,1-4H3. The van der Waals surface area contributed by atoms with E-state index in [0.29, 0.717) is 12.6 Å². The lowest BCUT2D eigenvalue weighted by atomic mass is 10.1. The van der Waals surface area contributed by atoms with Crippen LogP contribution in [0.15, 0.2) is 24.3 Å². The molecule has 0 bridgehead atoms. The third-order valence-corrected chi connectivity index (χ3v) is 2.48. The molecular formula is C14H23NO2. The van der Waals surface area contributed by atoms with E-state index >= 15 is 0 Å². The van der Waals surface area contributed by atoms with E-state index in [2.05, 4.69) is 19.2 Å². The van der Waals surface area contributed by atoms with Crippen LogP contribution in [0.2, 0.25) is 0 Å². The molecule has 3 nitrogen and oxygen atoms in total. The average Bonchev–Trinajstić information content (AvgIpc) is 2.26. The molecule has 0 saturated carbocycles. The van der Waals surface area contributed by atoms with Crippen LogP contribution in [-0.4, -0.2) is 23.9 Å². The van der Waals surface area contributed by atoms with Crippen molar-refractivity contribution in [3.63, 3.8) is 0 Å². The Morgan fingerprint density at radius 2 is 1.88 bits per heavy atom. The van der Waals surface area contributed by atoms with Crippen LogP contribution in [-0.2, 0) is 0 Å². The van der Waals surface area contributed by atoms with Crippen LogP contribution in [0.4, 0.5) is 0 Å². The second-order valence-corrected chi connectivity index (χ2v) is 4.95. The van der Waals surface area contributed by atoms with Gasteiger partial charge >= 0.3 is 0 Å². The van der Waals surface area contributed by atoms with Crippen LogP contribution in [0.25, 0.3) is 0 Å². The number of rotatable bonds is 6. The number of hydrogen-bond donors (Lipinski definition) is 2. The molecule has 1 aromatic carbocycles. The summed E-state index contributed by atoms with van der Waals surface area (Å²) in [5.41, 5.74) is 0.442. The number of hydrogen-bond acceptors (Lipinski definition) is 3. The summed E-state index contributed by atoms with van der Waals surface area (Å²) in [5, 5.41) is 12.9. The van der Waals surface area contributed by atoms with Crippen LogP contribution in [0.1, 0.15) is 39.3 Å². The van der Waals surface area contributed by atoms with Crippen LogP contribution >= 0.6 is 0 Å². The van der Waals surface area contributed by atoms with E-state index in [1.54, 1.807) is 13.8 Å². The first-order valence-corrected chi connectivity index (χ1v) is 6.11. The molecule has 96 valence electrons. The summed E-state index contributed by atoms with van der Waals surface area (Å²) in [6.07, 6.45) is 0. The fraction of sp³-hybridized carbons (Fsp3) is 0.571. The van der Waals surface area contributed by atoms with Crippen molar-refractivity contribution < 1.29 is 9.84 Å². The maximum atomic E-state index is 9.56. The third kappa shape index (κ3) is 5.20.